The maximum absolute atomic E-state index is 12.1. The highest BCUT2D eigenvalue weighted by molar-refractivity contribution is 7.88. The fraction of sp³-hybridized carbons (Fsp3) is 0.846. The zero-order chi connectivity index (χ0) is 16.0. The minimum Gasteiger partial charge on any atom is -0.342 e. The predicted octanol–water partition coefficient (Wildman–Crippen LogP) is -0.263. The van der Waals surface area contributed by atoms with Gasteiger partial charge in [0.25, 0.3) is 0 Å². The van der Waals surface area contributed by atoms with E-state index >= 15 is 0 Å². The Labute approximate surface area is 126 Å². The van der Waals surface area contributed by atoms with Crippen LogP contribution in [0.5, 0.6) is 0 Å². The summed E-state index contributed by atoms with van der Waals surface area (Å²) in [7, 11) is -3.31. The highest BCUT2D eigenvalue weighted by atomic mass is 32.2. The number of hydrogen-bond donors (Lipinski definition) is 0. The Hall–Kier alpha value is -1.15. The summed E-state index contributed by atoms with van der Waals surface area (Å²) in [6.45, 7) is 6.07. The first-order valence-electron chi connectivity index (χ1n) is 7.23. The number of sulfonamides is 1. The number of amides is 2. The molecule has 7 nitrogen and oxygen atoms in total. The van der Waals surface area contributed by atoms with Crippen molar-refractivity contribution in [2.75, 3.05) is 39.0 Å². The Morgan fingerprint density at radius 1 is 1.29 bits per heavy atom. The van der Waals surface area contributed by atoms with E-state index in [4.69, 9.17) is 0 Å². The van der Waals surface area contributed by atoms with Crippen LogP contribution in [0.15, 0.2) is 0 Å². The van der Waals surface area contributed by atoms with Gasteiger partial charge in [-0.1, -0.05) is 6.92 Å². The van der Waals surface area contributed by atoms with E-state index in [1.807, 2.05) is 13.8 Å². The topological polar surface area (TPSA) is 78.0 Å². The summed E-state index contributed by atoms with van der Waals surface area (Å²) in [6.07, 6.45) is 2.85. The molecule has 2 amide bonds. The van der Waals surface area contributed by atoms with Crippen molar-refractivity contribution >= 4 is 22.3 Å². The van der Waals surface area contributed by atoms with E-state index in [0.29, 0.717) is 32.6 Å². The van der Waals surface area contributed by atoms with Crippen molar-refractivity contribution in [1.29, 1.82) is 0 Å². The molecule has 0 aliphatic carbocycles. The molecule has 1 heterocycles. The molecule has 1 fully saturated rings. The first kappa shape index (κ1) is 17.9. The number of piperazine rings is 1. The number of carbonyl (C=O) groups excluding carboxylic acids is 2. The summed E-state index contributed by atoms with van der Waals surface area (Å²) in [5, 5.41) is 0. The fourth-order valence-electron chi connectivity index (χ4n) is 2.36. The molecule has 21 heavy (non-hydrogen) atoms. The monoisotopic (exact) mass is 319 g/mol. The summed E-state index contributed by atoms with van der Waals surface area (Å²) in [4.78, 5) is 26.1. The molecule has 1 saturated heterocycles. The quantitative estimate of drug-likeness (QED) is 0.606. The van der Waals surface area contributed by atoms with Gasteiger partial charge in [-0.25, -0.2) is 8.42 Å². The second-order valence-electron chi connectivity index (χ2n) is 5.40. The largest absolute Gasteiger partial charge is 0.342 e. The molecule has 1 atom stereocenters. The SMILES string of the molecule is CCC(C)N(CCC(=O)N1CCN(C=O)CC1)S(C)(=O)=O. The van der Waals surface area contributed by atoms with Gasteiger partial charge in [-0.2, -0.15) is 4.31 Å². The van der Waals surface area contributed by atoms with Crippen LogP contribution in [-0.4, -0.2) is 79.9 Å². The second-order valence-corrected chi connectivity index (χ2v) is 7.34. The summed E-state index contributed by atoms with van der Waals surface area (Å²) in [5.41, 5.74) is 0. The van der Waals surface area contributed by atoms with E-state index in [-0.39, 0.29) is 24.9 Å². The first-order chi connectivity index (χ1) is 9.79. The van der Waals surface area contributed by atoms with Crippen molar-refractivity contribution < 1.29 is 18.0 Å². The normalized spacial score (nSPS) is 17.9. The highest BCUT2D eigenvalue weighted by Gasteiger charge is 2.25. The number of nitrogens with zero attached hydrogens (tertiary/aromatic N) is 3. The molecule has 0 N–H and O–H groups in total. The smallest absolute Gasteiger partial charge is 0.224 e. The highest BCUT2D eigenvalue weighted by Crippen LogP contribution is 2.11. The van der Waals surface area contributed by atoms with Gasteiger partial charge in [0.1, 0.15) is 0 Å². The zero-order valence-electron chi connectivity index (χ0n) is 13.0. The van der Waals surface area contributed by atoms with E-state index in [1.54, 1.807) is 9.80 Å². The third-order valence-electron chi connectivity index (χ3n) is 3.87. The average molecular weight is 319 g/mol. The molecule has 0 aromatic heterocycles. The molecular formula is C13H25N3O4S. The van der Waals surface area contributed by atoms with Crippen molar-refractivity contribution in [2.45, 2.75) is 32.7 Å². The van der Waals surface area contributed by atoms with Crippen molar-refractivity contribution in [3.63, 3.8) is 0 Å². The first-order valence-corrected chi connectivity index (χ1v) is 9.08. The van der Waals surface area contributed by atoms with E-state index < -0.39 is 10.0 Å². The van der Waals surface area contributed by atoms with Gasteiger partial charge in [0.2, 0.25) is 22.3 Å². The van der Waals surface area contributed by atoms with Crippen LogP contribution < -0.4 is 0 Å². The summed E-state index contributed by atoms with van der Waals surface area (Å²) < 4.78 is 24.9. The van der Waals surface area contributed by atoms with Crippen LogP contribution in [0.2, 0.25) is 0 Å². The van der Waals surface area contributed by atoms with Gasteiger partial charge >= 0.3 is 0 Å². The average Bonchev–Trinajstić information content (AvgIpc) is 2.45. The number of carbonyl (C=O) groups is 2. The van der Waals surface area contributed by atoms with Gasteiger partial charge in [-0.15, -0.1) is 0 Å². The summed E-state index contributed by atoms with van der Waals surface area (Å²) in [5.74, 6) is -0.0579. The zero-order valence-corrected chi connectivity index (χ0v) is 13.8. The summed E-state index contributed by atoms with van der Waals surface area (Å²) >= 11 is 0. The molecule has 0 bridgehead atoms. The van der Waals surface area contributed by atoms with Crippen LogP contribution in [0.1, 0.15) is 26.7 Å². The van der Waals surface area contributed by atoms with Crippen molar-refractivity contribution in [3.8, 4) is 0 Å². The lowest BCUT2D eigenvalue weighted by atomic mass is 10.2. The van der Waals surface area contributed by atoms with Gasteiger partial charge < -0.3 is 9.80 Å². The number of rotatable bonds is 7. The van der Waals surface area contributed by atoms with Gasteiger partial charge in [0.15, 0.2) is 0 Å². The van der Waals surface area contributed by atoms with E-state index in [1.165, 1.54) is 10.6 Å². The van der Waals surface area contributed by atoms with Crippen LogP contribution in [0.4, 0.5) is 0 Å². The molecule has 1 rings (SSSR count). The lowest BCUT2D eigenvalue weighted by Crippen LogP contribution is -2.49. The lowest BCUT2D eigenvalue weighted by molar-refractivity contribution is -0.135. The van der Waals surface area contributed by atoms with E-state index in [0.717, 1.165) is 6.41 Å². The maximum Gasteiger partial charge on any atom is 0.224 e. The Bertz CT molecular complexity index is 458. The Morgan fingerprint density at radius 2 is 1.86 bits per heavy atom. The molecule has 8 heteroatoms. The van der Waals surface area contributed by atoms with Crippen molar-refractivity contribution in [2.24, 2.45) is 0 Å². The molecule has 1 unspecified atom stereocenters. The minimum absolute atomic E-state index is 0.0579. The standard InChI is InChI=1S/C13H25N3O4S/c1-4-12(2)16(21(3,19)20)6-5-13(18)15-9-7-14(11-17)8-10-15/h11-12H,4-10H2,1-3H3. The second kappa shape index (κ2) is 7.74. The van der Waals surface area contributed by atoms with Gasteiger partial charge in [0, 0.05) is 45.2 Å². The third kappa shape index (κ3) is 5.28. The lowest BCUT2D eigenvalue weighted by Gasteiger charge is -2.33. The van der Waals surface area contributed by atoms with Crippen LogP contribution in [0.25, 0.3) is 0 Å². The molecule has 0 radical (unpaired) electrons. The van der Waals surface area contributed by atoms with E-state index in [9.17, 15) is 18.0 Å². The third-order valence-corrected chi connectivity index (χ3v) is 5.26. The van der Waals surface area contributed by atoms with E-state index in [2.05, 4.69) is 0 Å². The molecule has 0 aromatic carbocycles. The minimum atomic E-state index is -3.31. The Morgan fingerprint density at radius 3 is 2.29 bits per heavy atom. The van der Waals surface area contributed by atoms with Crippen molar-refractivity contribution in [1.82, 2.24) is 14.1 Å². The molecule has 1 aliphatic rings. The number of hydrogen-bond acceptors (Lipinski definition) is 4. The van der Waals surface area contributed by atoms with Crippen molar-refractivity contribution in [3.05, 3.63) is 0 Å². The van der Waals surface area contributed by atoms with Crippen LogP contribution in [0.3, 0.4) is 0 Å². The molecule has 0 spiro atoms. The fourth-order valence-corrected chi connectivity index (χ4v) is 3.58. The van der Waals surface area contributed by atoms with Crippen LogP contribution in [0, 0.1) is 0 Å². The molecular weight excluding hydrogens is 294 g/mol. The molecule has 122 valence electrons. The Balaban J connectivity index is 2.53. The van der Waals surface area contributed by atoms with Gasteiger partial charge in [-0.05, 0) is 13.3 Å². The predicted molar refractivity (Wildman–Crippen MR) is 80.1 cm³/mol. The maximum atomic E-state index is 12.1. The van der Waals surface area contributed by atoms with Crippen LogP contribution >= 0.6 is 0 Å². The Kier molecular flexibility index (Phi) is 6.60. The molecule has 1 aliphatic heterocycles. The van der Waals surface area contributed by atoms with Gasteiger partial charge in [-0.3, -0.25) is 9.59 Å². The molecule has 0 saturated carbocycles. The molecule has 0 aromatic rings. The summed E-state index contributed by atoms with van der Waals surface area (Å²) in [6, 6.07) is -0.111. The van der Waals surface area contributed by atoms with Gasteiger partial charge in [0.05, 0.1) is 6.26 Å². The van der Waals surface area contributed by atoms with Crippen LogP contribution in [-0.2, 0) is 19.6 Å².